The van der Waals surface area contributed by atoms with Crippen LogP contribution in [0.15, 0.2) is 11.4 Å². The number of anilines is 1. The molecule has 0 spiro atoms. The second-order valence-electron chi connectivity index (χ2n) is 5.09. The molecule has 0 bridgehead atoms. The van der Waals surface area contributed by atoms with Crippen LogP contribution in [0, 0.1) is 0 Å². The van der Waals surface area contributed by atoms with Crippen LogP contribution in [0.5, 0.6) is 0 Å². The lowest BCUT2D eigenvalue weighted by atomic mass is 10.1. The Hall–Kier alpha value is -1.24. The second-order valence-corrected chi connectivity index (χ2v) is 5.99. The molecule has 5 nitrogen and oxygen atoms in total. The Morgan fingerprint density at radius 2 is 2.00 bits per heavy atom. The van der Waals surface area contributed by atoms with Crippen molar-refractivity contribution < 1.29 is 4.74 Å². The fraction of sp³-hybridized carbons (Fsp3) is 0.600. The molecule has 21 heavy (non-hydrogen) atoms. The molecule has 3 N–H and O–H groups in total. The molecule has 6 heteroatoms. The number of hydrazine groups is 1. The van der Waals surface area contributed by atoms with Gasteiger partial charge >= 0.3 is 0 Å². The first kappa shape index (κ1) is 16.1. The van der Waals surface area contributed by atoms with Gasteiger partial charge in [0.1, 0.15) is 11.4 Å². The minimum atomic E-state index is 0.442. The third kappa shape index (κ3) is 4.91. The van der Waals surface area contributed by atoms with E-state index in [2.05, 4.69) is 22.3 Å². The predicted molar refractivity (Wildman–Crippen MR) is 88.3 cm³/mol. The van der Waals surface area contributed by atoms with Gasteiger partial charge in [-0.1, -0.05) is 39.0 Å². The van der Waals surface area contributed by atoms with Gasteiger partial charge in [-0.05, 0) is 17.9 Å². The molecule has 0 amide bonds. The highest BCUT2D eigenvalue weighted by atomic mass is 32.1. The number of fused-ring (bicyclic) bond motifs is 1. The highest BCUT2D eigenvalue weighted by molar-refractivity contribution is 7.16. The zero-order chi connectivity index (χ0) is 14.9. The van der Waals surface area contributed by atoms with Crippen LogP contribution in [0.1, 0.15) is 51.3 Å². The normalized spacial score (nSPS) is 11.1. The van der Waals surface area contributed by atoms with E-state index in [9.17, 15) is 0 Å². The van der Waals surface area contributed by atoms with Crippen LogP contribution in [-0.4, -0.2) is 16.6 Å². The first-order valence-corrected chi connectivity index (χ1v) is 8.51. The Labute approximate surface area is 129 Å². The zero-order valence-electron chi connectivity index (χ0n) is 12.6. The summed E-state index contributed by atoms with van der Waals surface area (Å²) in [6.07, 6.45) is 7.60. The van der Waals surface area contributed by atoms with Crippen molar-refractivity contribution in [2.45, 2.75) is 52.1 Å². The summed E-state index contributed by atoms with van der Waals surface area (Å²) in [4.78, 5) is 9.81. The smallest absolute Gasteiger partial charge is 0.158 e. The number of nitrogen functional groups attached to an aromatic ring is 1. The Morgan fingerprint density at radius 1 is 1.19 bits per heavy atom. The van der Waals surface area contributed by atoms with E-state index in [4.69, 9.17) is 10.6 Å². The van der Waals surface area contributed by atoms with E-state index in [1.807, 2.05) is 11.4 Å². The van der Waals surface area contributed by atoms with Gasteiger partial charge in [-0.2, -0.15) is 0 Å². The largest absolute Gasteiger partial charge is 0.373 e. The molecule has 0 aromatic carbocycles. The van der Waals surface area contributed by atoms with Crippen molar-refractivity contribution >= 4 is 27.4 Å². The molecule has 0 fully saturated rings. The monoisotopic (exact) mass is 308 g/mol. The molecule has 0 atom stereocenters. The lowest BCUT2D eigenvalue weighted by molar-refractivity contribution is 0.111. The van der Waals surface area contributed by atoms with E-state index in [0.29, 0.717) is 18.2 Å². The van der Waals surface area contributed by atoms with Crippen molar-refractivity contribution in [2.24, 2.45) is 5.84 Å². The summed E-state index contributed by atoms with van der Waals surface area (Å²) >= 11 is 1.58. The zero-order valence-corrected chi connectivity index (χ0v) is 13.4. The number of nitrogens with one attached hydrogen (secondary N) is 1. The maximum Gasteiger partial charge on any atom is 0.158 e. The molecule has 116 valence electrons. The first-order chi connectivity index (χ1) is 10.3. The van der Waals surface area contributed by atoms with Gasteiger partial charge in [0.25, 0.3) is 0 Å². The summed E-state index contributed by atoms with van der Waals surface area (Å²) in [7, 11) is 0. The van der Waals surface area contributed by atoms with Crippen molar-refractivity contribution in [3.8, 4) is 0 Å². The SMILES string of the molecule is CCCCCCCCOCc1nc(NN)c2ccsc2n1. The Morgan fingerprint density at radius 3 is 2.81 bits per heavy atom. The van der Waals surface area contributed by atoms with Crippen LogP contribution < -0.4 is 11.3 Å². The van der Waals surface area contributed by atoms with Gasteiger partial charge in [-0.15, -0.1) is 11.3 Å². The van der Waals surface area contributed by atoms with Crippen LogP contribution in [0.3, 0.4) is 0 Å². The second kappa shape index (κ2) is 8.92. The quantitative estimate of drug-likeness (QED) is 0.396. The third-order valence-electron chi connectivity index (χ3n) is 3.38. The van der Waals surface area contributed by atoms with Crippen LogP contribution in [-0.2, 0) is 11.3 Å². The molecule has 0 saturated heterocycles. The molecule has 0 aliphatic rings. The Balaban J connectivity index is 1.73. The van der Waals surface area contributed by atoms with Crippen molar-refractivity contribution in [2.75, 3.05) is 12.0 Å². The molecule has 0 aliphatic carbocycles. The average Bonchev–Trinajstić information content (AvgIpc) is 2.97. The number of aromatic nitrogens is 2. The van der Waals surface area contributed by atoms with Gasteiger partial charge in [0.05, 0.1) is 5.39 Å². The Bertz CT molecular complexity index is 543. The van der Waals surface area contributed by atoms with E-state index in [0.717, 1.165) is 23.2 Å². The van der Waals surface area contributed by atoms with Gasteiger partial charge < -0.3 is 10.2 Å². The molecule has 0 unspecified atom stereocenters. The minimum Gasteiger partial charge on any atom is -0.373 e. The summed E-state index contributed by atoms with van der Waals surface area (Å²) in [5, 5.41) is 2.95. The van der Waals surface area contributed by atoms with E-state index < -0.39 is 0 Å². The summed E-state index contributed by atoms with van der Waals surface area (Å²) < 4.78 is 5.66. The summed E-state index contributed by atoms with van der Waals surface area (Å²) in [5.74, 6) is 6.85. The molecule has 0 aliphatic heterocycles. The van der Waals surface area contributed by atoms with E-state index in [1.54, 1.807) is 11.3 Å². The van der Waals surface area contributed by atoms with Gasteiger partial charge in [0.2, 0.25) is 0 Å². The molecule has 2 aromatic rings. The van der Waals surface area contributed by atoms with Gasteiger partial charge in [-0.25, -0.2) is 15.8 Å². The highest BCUT2D eigenvalue weighted by Gasteiger charge is 2.07. The van der Waals surface area contributed by atoms with Crippen molar-refractivity contribution in [3.05, 3.63) is 17.3 Å². The van der Waals surface area contributed by atoms with Crippen molar-refractivity contribution in [1.29, 1.82) is 0 Å². The first-order valence-electron chi connectivity index (χ1n) is 7.63. The minimum absolute atomic E-state index is 0.442. The topological polar surface area (TPSA) is 73.1 Å². The number of thiophene rings is 1. The standard InChI is InChI=1S/C15H24N4OS/c1-2-3-4-5-6-7-9-20-11-13-17-14(19-16)12-8-10-21-15(12)18-13/h8,10H,2-7,9,11,16H2,1H3,(H,17,18,19). The van der Waals surface area contributed by atoms with Crippen LogP contribution in [0.25, 0.3) is 10.2 Å². The van der Waals surface area contributed by atoms with Gasteiger partial charge in [0, 0.05) is 6.61 Å². The van der Waals surface area contributed by atoms with Gasteiger partial charge in [-0.3, -0.25) is 0 Å². The molecule has 2 rings (SSSR count). The molecule has 2 aromatic heterocycles. The van der Waals surface area contributed by atoms with Crippen molar-refractivity contribution in [3.63, 3.8) is 0 Å². The van der Waals surface area contributed by atoms with Crippen LogP contribution in [0.2, 0.25) is 0 Å². The third-order valence-corrected chi connectivity index (χ3v) is 4.19. The van der Waals surface area contributed by atoms with E-state index in [1.165, 1.54) is 32.1 Å². The number of hydrogen-bond donors (Lipinski definition) is 2. The number of unbranched alkanes of at least 4 members (excludes halogenated alkanes) is 5. The average molecular weight is 308 g/mol. The molecule has 0 saturated carbocycles. The fourth-order valence-electron chi connectivity index (χ4n) is 2.22. The lowest BCUT2D eigenvalue weighted by Gasteiger charge is -2.06. The van der Waals surface area contributed by atoms with Crippen LogP contribution in [0.4, 0.5) is 5.82 Å². The molecule has 0 radical (unpaired) electrons. The lowest BCUT2D eigenvalue weighted by Crippen LogP contribution is -2.11. The highest BCUT2D eigenvalue weighted by Crippen LogP contribution is 2.24. The van der Waals surface area contributed by atoms with Crippen molar-refractivity contribution in [1.82, 2.24) is 9.97 Å². The molecular weight excluding hydrogens is 284 g/mol. The molecular formula is C15H24N4OS. The van der Waals surface area contributed by atoms with E-state index >= 15 is 0 Å². The maximum absolute atomic E-state index is 5.66. The predicted octanol–water partition coefficient (Wildman–Crippen LogP) is 3.85. The summed E-state index contributed by atoms with van der Waals surface area (Å²) in [6, 6.07) is 1.97. The van der Waals surface area contributed by atoms with E-state index in [-0.39, 0.29) is 0 Å². The fourth-order valence-corrected chi connectivity index (χ4v) is 3.00. The number of hydrogen-bond acceptors (Lipinski definition) is 6. The summed E-state index contributed by atoms with van der Waals surface area (Å²) in [5.41, 5.74) is 2.63. The number of rotatable bonds is 10. The number of nitrogens with zero attached hydrogens (tertiary/aromatic N) is 2. The van der Waals surface area contributed by atoms with Gasteiger partial charge in [0.15, 0.2) is 11.6 Å². The maximum atomic E-state index is 5.66. The number of ether oxygens (including phenoxy) is 1. The molecule has 2 heterocycles. The number of nitrogens with two attached hydrogens (primary N) is 1. The van der Waals surface area contributed by atoms with Crippen LogP contribution >= 0.6 is 11.3 Å². The summed E-state index contributed by atoms with van der Waals surface area (Å²) in [6.45, 7) is 3.44. The Kier molecular flexibility index (Phi) is 6.85.